The molecular formula is C29H36N2O5. The maximum absolute atomic E-state index is 13.1. The van der Waals surface area contributed by atoms with E-state index in [1.807, 2.05) is 72.8 Å². The Morgan fingerprint density at radius 2 is 1.58 bits per heavy atom. The number of allylic oxidation sites excluding steroid dienone is 2. The van der Waals surface area contributed by atoms with Gasteiger partial charge < -0.3 is 20.1 Å². The molecule has 2 N–H and O–H groups in total. The summed E-state index contributed by atoms with van der Waals surface area (Å²) in [7, 11) is 0. The third kappa shape index (κ3) is 8.64. The molecule has 2 aromatic carbocycles. The summed E-state index contributed by atoms with van der Waals surface area (Å²) in [6.45, 7) is 2.36. The Hall–Kier alpha value is -3.45. The van der Waals surface area contributed by atoms with E-state index in [0.717, 1.165) is 11.1 Å². The van der Waals surface area contributed by atoms with Crippen molar-refractivity contribution in [3.63, 3.8) is 0 Å². The van der Waals surface area contributed by atoms with Crippen molar-refractivity contribution in [2.24, 2.45) is 11.8 Å². The van der Waals surface area contributed by atoms with Gasteiger partial charge in [0.1, 0.15) is 6.10 Å². The zero-order valence-corrected chi connectivity index (χ0v) is 20.8. The molecule has 3 unspecified atom stereocenters. The van der Waals surface area contributed by atoms with Crippen LogP contribution in [-0.2, 0) is 32.1 Å². The summed E-state index contributed by atoms with van der Waals surface area (Å²) in [5, 5.41) is 12.3. The van der Waals surface area contributed by atoms with E-state index < -0.39 is 12.0 Å². The normalized spacial score (nSPS) is 21.0. The first-order chi connectivity index (χ1) is 17.5. The number of aliphatic hydroxyl groups excluding tert-OH is 1. The highest BCUT2D eigenvalue weighted by molar-refractivity contribution is 5.86. The minimum atomic E-state index is -0.555. The molecule has 3 rings (SSSR count). The van der Waals surface area contributed by atoms with E-state index in [1.54, 1.807) is 11.8 Å². The summed E-state index contributed by atoms with van der Waals surface area (Å²) >= 11 is 0. The average Bonchev–Trinajstić information content (AvgIpc) is 2.88. The van der Waals surface area contributed by atoms with Gasteiger partial charge in [0.15, 0.2) is 0 Å². The minimum Gasteiger partial charge on any atom is -0.461 e. The van der Waals surface area contributed by atoms with Crippen LogP contribution in [0, 0.1) is 11.8 Å². The monoisotopic (exact) mass is 492 g/mol. The molecule has 0 aliphatic carbocycles. The summed E-state index contributed by atoms with van der Waals surface area (Å²) < 4.78 is 5.62. The van der Waals surface area contributed by atoms with Crippen LogP contribution in [0.25, 0.3) is 0 Å². The van der Waals surface area contributed by atoms with Crippen molar-refractivity contribution in [2.45, 2.75) is 45.3 Å². The molecule has 36 heavy (non-hydrogen) atoms. The molecule has 0 fully saturated rings. The fourth-order valence-electron chi connectivity index (χ4n) is 4.25. The highest BCUT2D eigenvalue weighted by atomic mass is 16.5. The number of amides is 2. The van der Waals surface area contributed by atoms with Gasteiger partial charge >= 0.3 is 5.97 Å². The average molecular weight is 493 g/mol. The maximum atomic E-state index is 13.1. The number of hydrogen-bond donors (Lipinski definition) is 2. The fraction of sp³-hybridized carbons (Fsp3) is 0.414. The van der Waals surface area contributed by atoms with E-state index in [9.17, 15) is 19.5 Å². The molecule has 1 heterocycles. The molecule has 0 spiro atoms. The number of carbonyl (C=O) groups excluding carboxylic acids is 3. The number of benzene rings is 2. The number of esters is 1. The van der Waals surface area contributed by atoms with Crippen LogP contribution in [0.2, 0.25) is 0 Å². The molecule has 0 saturated carbocycles. The summed E-state index contributed by atoms with van der Waals surface area (Å²) in [6, 6.07) is 19.4. The van der Waals surface area contributed by atoms with Crippen LogP contribution >= 0.6 is 0 Å². The highest BCUT2D eigenvalue weighted by Crippen LogP contribution is 2.19. The smallest absolute Gasteiger partial charge is 0.309 e. The molecule has 7 heteroatoms. The second-order valence-electron chi connectivity index (χ2n) is 9.25. The van der Waals surface area contributed by atoms with Crippen LogP contribution < -0.4 is 5.32 Å². The second kappa shape index (κ2) is 14.2. The van der Waals surface area contributed by atoms with Crippen LogP contribution in [0.4, 0.5) is 0 Å². The lowest BCUT2D eigenvalue weighted by atomic mass is 9.94. The van der Waals surface area contributed by atoms with E-state index in [-0.39, 0.29) is 49.8 Å². The molecule has 1 aliphatic heterocycles. The first-order valence-electron chi connectivity index (χ1n) is 12.6. The lowest BCUT2D eigenvalue weighted by molar-refractivity contribution is -0.153. The summed E-state index contributed by atoms with van der Waals surface area (Å²) in [5.74, 6) is -1.60. The Bertz CT molecular complexity index is 1010. The molecule has 0 aromatic heterocycles. The van der Waals surface area contributed by atoms with Gasteiger partial charge in [-0.05, 0) is 37.3 Å². The number of hydrogen-bond acceptors (Lipinski definition) is 5. The van der Waals surface area contributed by atoms with Crippen molar-refractivity contribution >= 4 is 17.8 Å². The Balaban J connectivity index is 1.69. The van der Waals surface area contributed by atoms with Crippen molar-refractivity contribution in [3.05, 3.63) is 83.9 Å². The van der Waals surface area contributed by atoms with Crippen molar-refractivity contribution in [2.75, 3.05) is 19.7 Å². The number of aliphatic hydroxyl groups is 1. The molecule has 0 radical (unpaired) electrons. The van der Waals surface area contributed by atoms with Crippen molar-refractivity contribution in [3.8, 4) is 0 Å². The molecule has 192 valence electrons. The van der Waals surface area contributed by atoms with E-state index in [0.29, 0.717) is 25.8 Å². The number of cyclic esters (lactones) is 1. The van der Waals surface area contributed by atoms with Gasteiger partial charge in [-0.1, -0.05) is 72.8 Å². The Labute approximate surface area is 213 Å². The topological polar surface area (TPSA) is 95.9 Å². The van der Waals surface area contributed by atoms with Crippen LogP contribution in [0.1, 0.15) is 37.3 Å². The molecule has 3 atom stereocenters. The predicted molar refractivity (Wildman–Crippen MR) is 138 cm³/mol. The second-order valence-corrected chi connectivity index (χ2v) is 9.25. The van der Waals surface area contributed by atoms with Gasteiger partial charge in [0, 0.05) is 19.5 Å². The molecule has 7 nitrogen and oxygen atoms in total. The number of rotatable bonds is 8. The quantitative estimate of drug-likeness (QED) is 0.436. The fourth-order valence-corrected chi connectivity index (χ4v) is 4.25. The van der Waals surface area contributed by atoms with Crippen LogP contribution in [0.3, 0.4) is 0 Å². The minimum absolute atomic E-state index is 0.0324. The van der Waals surface area contributed by atoms with Crippen molar-refractivity contribution in [1.29, 1.82) is 0 Å². The highest BCUT2D eigenvalue weighted by Gasteiger charge is 2.27. The Kier molecular flexibility index (Phi) is 10.7. The lowest BCUT2D eigenvalue weighted by Crippen LogP contribution is -2.41. The van der Waals surface area contributed by atoms with Gasteiger partial charge in [-0.25, -0.2) is 0 Å². The predicted octanol–water partition coefficient (Wildman–Crippen LogP) is 3.27. The first kappa shape index (κ1) is 27.1. The third-order valence-corrected chi connectivity index (χ3v) is 6.28. The van der Waals surface area contributed by atoms with Crippen molar-refractivity contribution in [1.82, 2.24) is 10.2 Å². The van der Waals surface area contributed by atoms with Gasteiger partial charge in [-0.3, -0.25) is 14.4 Å². The standard InChI is InChI=1S/C29H36N2O5/c1-22-20-30-28(34)25(19-27(33)31(16-17-32)21-24-12-6-3-7-13-24)14-8-9-15-26(29(35)36-22)18-23-10-4-2-5-11-23/h2-13,22,25-26,32H,14-21H2,1H3,(H,30,34). The zero-order chi connectivity index (χ0) is 25.8. The lowest BCUT2D eigenvalue weighted by Gasteiger charge is -2.25. The van der Waals surface area contributed by atoms with E-state index >= 15 is 0 Å². The number of nitrogens with one attached hydrogen (secondary N) is 1. The summed E-state index contributed by atoms with van der Waals surface area (Å²) in [4.78, 5) is 40.4. The van der Waals surface area contributed by atoms with Gasteiger partial charge in [-0.15, -0.1) is 0 Å². The number of carbonyl (C=O) groups is 3. The van der Waals surface area contributed by atoms with Crippen molar-refractivity contribution < 1.29 is 24.2 Å². The van der Waals surface area contributed by atoms with Gasteiger partial charge in [0.2, 0.25) is 11.8 Å². The number of nitrogens with zero attached hydrogens (tertiary/aromatic N) is 1. The van der Waals surface area contributed by atoms with E-state index in [2.05, 4.69) is 5.32 Å². The maximum Gasteiger partial charge on any atom is 0.309 e. The molecule has 0 bridgehead atoms. The van der Waals surface area contributed by atoms with Gasteiger partial charge in [0.25, 0.3) is 0 Å². The molecule has 2 aromatic rings. The molecule has 0 saturated heterocycles. The Morgan fingerprint density at radius 3 is 2.22 bits per heavy atom. The van der Waals surface area contributed by atoms with Crippen LogP contribution in [0.15, 0.2) is 72.8 Å². The number of ether oxygens (including phenoxy) is 1. The molecular weight excluding hydrogens is 456 g/mol. The summed E-state index contributed by atoms with van der Waals surface area (Å²) in [6.07, 6.45) is 4.78. The molecule has 1 aliphatic rings. The van der Waals surface area contributed by atoms with E-state index in [1.165, 1.54) is 0 Å². The van der Waals surface area contributed by atoms with Crippen LogP contribution in [-0.4, -0.2) is 53.6 Å². The van der Waals surface area contributed by atoms with Crippen LogP contribution in [0.5, 0.6) is 0 Å². The Morgan fingerprint density at radius 1 is 0.972 bits per heavy atom. The summed E-state index contributed by atoms with van der Waals surface area (Å²) in [5.41, 5.74) is 2.02. The molecule has 2 amide bonds. The largest absolute Gasteiger partial charge is 0.461 e. The SMILES string of the molecule is CC1CNC(=O)C(CC(=O)N(CCO)Cc2ccccc2)CC=CCC(Cc2ccccc2)C(=O)O1. The van der Waals surface area contributed by atoms with E-state index in [4.69, 9.17) is 4.74 Å². The van der Waals surface area contributed by atoms with Gasteiger partial charge in [-0.2, -0.15) is 0 Å². The zero-order valence-electron chi connectivity index (χ0n) is 20.8. The first-order valence-corrected chi connectivity index (χ1v) is 12.6. The third-order valence-electron chi connectivity index (χ3n) is 6.28. The van der Waals surface area contributed by atoms with Gasteiger partial charge in [0.05, 0.1) is 25.0 Å².